The molecule has 0 amide bonds. The van der Waals surface area contributed by atoms with Crippen molar-refractivity contribution >= 4 is 17.6 Å². The number of nitrogens with one attached hydrogen (secondary N) is 1. The molecule has 6 heteroatoms. The van der Waals surface area contributed by atoms with Crippen molar-refractivity contribution in [3.63, 3.8) is 0 Å². The fourth-order valence-corrected chi connectivity index (χ4v) is 1.56. The first-order valence-electron chi connectivity index (χ1n) is 4.97. The highest BCUT2D eigenvalue weighted by Gasteiger charge is 2.23. The SMILES string of the molecule is COCCNC(C(=O)O)c1cccc(Cl)c1F. The fourth-order valence-electron chi connectivity index (χ4n) is 1.38. The van der Waals surface area contributed by atoms with Crippen LogP contribution in [0.15, 0.2) is 18.2 Å². The highest BCUT2D eigenvalue weighted by molar-refractivity contribution is 6.30. The Bertz CT molecular complexity index is 400. The van der Waals surface area contributed by atoms with Crippen LogP contribution < -0.4 is 5.32 Å². The molecule has 1 rings (SSSR count). The number of carboxylic acid groups (broad SMARTS) is 1. The molecule has 1 atom stereocenters. The van der Waals surface area contributed by atoms with E-state index < -0.39 is 17.8 Å². The number of hydrogen-bond donors (Lipinski definition) is 2. The number of aliphatic carboxylic acids is 1. The van der Waals surface area contributed by atoms with Crippen molar-refractivity contribution in [3.05, 3.63) is 34.6 Å². The summed E-state index contributed by atoms with van der Waals surface area (Å²) in [5, 5.41) is 11.6. The molecule has 4 nitrogen and oxygen atoms in total. The van der Waals surface area contributed by atoms with Gasteiger partial charge in [0.25, 0.3) is 0 Å². The lowest BCUT2D eigenvalue weighted by molar-refractivity contribution is -0.139. The predicted octanol–water partition coefficient (Wildman–Crippen LogP) is 1.84. The molecule has 1 unspecified atom stereocenters. The minimum Gasteiger partial charge on any atom is -0.480 e. The zero-order valence-electron chi connectivity index (χ0n) is 9.24. The molecule has 0 spiro atoms. The van der Waals surface area contributed by atoms with E-state index in [2.05, 4.69) is 5.32 Å². The van der Waals surface area contributed by atoms with E-state index in [1.165, 1.54) is 25.3 Å². The molecular formula is C11H13ClFNO3. The first kappa shape index (κ1) is 13.9. The monoisotopic (exact) mass is 261 g/mol. The molecule has 0 saturated heterocycles. The third-order valence-corrected chi connectivity index (χ3v) is 2.49. The molecule has 0 fully saturated rings. The Balaban J connectivity index is 2.90. The Morgan fingerprint density at radius 1 is 1.65 bits per heavy atom. The summed E-state index contributed by atoms with van der Waals surface area (Å²) < 4.78 is 18.4. The van der Waals surface area contributed by atoms with Gasteiger partial charge in [-0.2, -0.15) is 0 Å². The van der Waals surface area contributed by atoms with Crippen molar-refractivity contribution in [1.82, 2.24) is 5.32 Å². The van der Waals surface area contributed by atoms with E-state index in [9.17, 15) is 9.18 Å². The Morgan fingerprint density at radius 2 is 2.35 bits per heavy atom. The maximum absolute atomic E-state index is 13.7. The van der Waals surface area contributed by atoms with Crippen LogP contribution in [0.3, 0.4) is 0 Å². The second-order valence-electron chi connectivity index (χ2n) is 3.36. The van der Waals surface area contributed by atoms with E-state index in [4.69, 9.17) is 21.4 Å². The first-order valence-corrected chi connectivity index (χ1v) is 5.34. The number of rotatable bonds is 6. The first-order chi connectivity index (χ1) is 8.07. The molecule has 17 heavy (non-hydrogen) atoms. The summed E-state index contributed by atoms with van der Waals surface area (Å²) in [5.74, 6) is -1.88. The molecular weight excluding hydrogens is 249 g/mol. The smallest absolute Gasteiger partial charge is 0.325 e. The highest BCUT2D eigenvalue weighted by Crippen LogP contribution is 2.23. The van der Waals surface area contributed by atoms with Gasteiger partial charge >= 0.3 is 5.97 Å². The third-order valence-electron chi connectivity index (χ3n) is 2.19. The summed E-state index contributed by atoms with van der Waals surface area (Å²) in [6.45, 7) is 0.644. The van der Waals surface area contributed by atoms with Gasteiger partial charge in [0.15, 0.2) is 0 Å². The Kier molecular flexibility index (Phi) is 5.34. The van der Waals surface area contributed by atoms with Crippen molar-refractivity contribution in [2.24, 2.45) is 0 Å². The van der Waals surface area contributed by atoms with E-state index in [-0.39, 0.29) is 10.6 Å². The number of methoxy groups -OCH3 is 1. The van der Waals surface area contributed by atoms with Crippen molar-refractivity contribution < 1.29 is 19.0 Å². The van der Waals surface area contributed by atoms with E-state index in [0.717, 1.165) is 0 Å². The second kappa shape index (κ2) is 6.54. The summed E-state index contributed by atoms with van der Waals surface area (Å²) >= 11 is 5.60. The summed E-state index contributed by atoms with van der Waals surface area (Å²) in [6.07, 6.45) is 0. The van der Waals surface area contributed by atoms with Gasteiger partial charge in [0.2, 0.25) is 0 Å². The van der Waals surface area contributed by atoms with Gasteiger partial charge in [-0.1, -0.05) is 23.7 Å². The van der Waals surface area contributed by atoms with Crippen LogP contribution in [0.4, 0.5) is 4.39 Å². The van der Waals surface area contributed by atoms with Gasteiger partial charge in [-0.15, -0.1) is 0 Å². The molecule has 0 aromatic heterocycles. The number of benzene rings is 1. The molecule has 2 N–H and O–H groups in total. The van der Waals surface area contributed by atoms with Gasteiger partial charge in [0, 0.05) is 19.2 Å². The zero-order valence-corrected chi connectivity index (χ0v) is 10.00. The lowest BCUT2D eigenvalue weighted by Gasteiger charge is -2.15. The highest BCUT2D eigenvalue weighted by atomic mass is 35.5. The van der Waals surface area contributed by atoms with Crippen LogP contribution in [0.1, 0.15) is 11.6 Å². The van der Waals surface area contributed by atoms with Gasteiger partial charge in [-0.25, -0.2) is 4.39 Å². The van der Waals surface area contributed by atoms with Crippen molar-refractivity contribution in [2.75, 3.05) is 20.3 Å². The third kappa shape index (κ3) is 3.66. The van der Waals surface area contributed by atoms with E-state index in [1.54, 1.807) is 0 Å². The van der Waals surface area contributed by atoms with Gasteiger partial charge in [-0.05, 0) is 6.07 Å². The van der Waals surface area contributed by atoms with Crippen LogP contribution in [0, 0.1) is 5.82 Å². The van der Waals surface area contributed by atoms with Crippen LogP contribution in [-0.4, -0.2) is 31.3 Å². The van der Waals surface area contributed by atoms with Crippen molar-refractivity contribution in [3.8, 4) is 0 Å². The lowest BCUT2D eigenvalue weighted by Crippen LogP contribution is -2.31. The minimum absolute atomic E-state index is 0.0149. The van der Waals surface area contributed by atoms with Gasteiger partial charge in [0.1, 0.15) is 11.9 Å². The molecule has 1 aromatic rings. The molecule has 1 aromatic carbocycles. The molecule has 94 valence electrons. The summed E-state index contributed by atoms with van der Waals surface area (Å²) in [6, 6.07) is 3.13. The Morgan fingerprint density at radius 3 is 2.94 bits per heavy atom. The summed E-state index contributed by atoms with van der Waals surface area (Å²) in [5.41, 5.74) is 0.0149. The quantitative estimate of drug-likeness (QED) is 0.767. The number of carbonyl (C=O) groups is 1. The standard InChI is InChI=1S/C11H13ClFNO3/c1-17-6-5-14-10(11(15)16)7-3-2-4-8(12)9(7)13/h2-4,10,14H,5-6H2,1H3,(H,15,16). The van der Waals surface area contributed by atoms with Gasteiger partial charge < -0.3 is 9.84 Å². The number of ether oxygens (including phenoxy) is 1. The molecule has 0 bridgehead atoms. The number of carboxylic acids is 1. The second-order valence-corrected chi connectivity index (χ2v) is 3.77. The Hall–Kier alpha value is -1.17. The van der Waals surface area contributed by atoms with Crippen molar-refractivity contribution in [2.45, 2.75) is 6.04 Å². The molecule has 0 aliphatic heterocycles. The maximum atomic E-state index is 13.7. The van der Waals surface area contributed by atoms with Crippen LogP contribution in [-0.2, 0) is 9.53 Å². The van der Waals surface area contributed by atoms with Gasteiger partial charge in [-0.3, -0.25) is 10.1 Å². The molecule has 0 aliphatic carbocycles. The number of halogens is 2. The lowest BCUT2D eigenvalue weighted by atomic mass is 10.1. The largest absolute Gasteiger partial charge is 0.480 e. The summed E-state index contributed by atoms with van der Waals surface area (Å²) in [7, 11) is 1.50. The van der Waals surface area contributed by atoms with Crippen molar-refractivity contribution in [1.29, 1.82) is 0 Å². The average Bonchev–Trinajstić information content (AvgIpc) is 2.29. The molecule has 0 saturated carbocycles. The van der Waals surface area contributed by atoms with Crippen LogP contribution in [0.25, 0.3) is 0 Å². The van der Waals surface area contributed by atoms with E-state index in [1.807, 2.05) is 0 Å². The van der Waals surface area contributed by atoms with Crippen LogP contribution >= 0.6 is 11.6 Å². The molecule has 0 heterocycles. The van der Waals surface area contributed by atoms with E-state index >= 15 is 0 Å². The maximum Gasteiger partial charge on any atom is 0.325 e. The zero-order chi connectivity index (χ0) is 12.8. The Labute approximate surface area is 103 Å². The van der Waals surface area contributed by atoms with Gasteiger partial charge in [0.05, 0.1) is 11.6 Å². The summed E-state index contributed by atoms with van der Waals surface area (Å²) in [4.78, 5) is 11.0. The minimum atomic E-state index is -1.16. The predicted molar refractivity (Wildman–Crippen MR) is 61.7 cm³/mol. The normalized spacial score (nSPS) is 12.4. The van der Waals surface area contributed by atoms with Crippen LogP contribution in [0.2, 0.25) is 5.02 Å². The topological polar surface area (TPSA) is 58.6 Å². The molecule has 0 aliphatic rings. The van der Waals surface area contributed by atoms with E-state index in [0.29, 0.717) is 13.2 Å². The average molecular weight is 262 g/mol. The fraction of sp³-hybridized carbons (Fsp3) is 0.364. The number of hydrogen-bond acceptors (Lipinski definition) is 3. The molecule has 0 radical (unpaired) electrons. The van der Waals surface area contributed by atoms with Crippen LogP contribution in [0.5, 0.6) is 0 Å².